The van der Waals surface area contributed by atoms with Crippen LogP contribution in [0.1, 0.15) is 30.7 Å². The number of morpholine rings is 1. The first-order chi connectivity index (χ1) is 15.0. The van der Waals surface area contributed by atoms with Gasteiger partial charge in [0.05, 0.1) is 25.0 Å². The number of aromatic nitrogens is 2. The van der Waals surface area contributed by atoms with Crippen LogP contribution in [0, 0.1) is 0 Å². The average Bonchev–Trinajstić information content (AvgIpc) is 3.19. The molecule has 2 atom stereocenters. The standard InChI is InChI=1S/C22H28N4O5/c1-13-8-26(9-14(2)31-13)22-23-17-11-25(5-4-16(17)21(27)24-22)10-15-6-19-20(30-12-29-19)7-18(15)28-3/h6-7,13-14H,4-5,8-12H2,1-3H3,(H,23,24,27). The van der Waals surface area contributed by atoms with Gasteiger partial charge in [0.1, 0.15) is 5.75 Å². The molecule has 3 aliphatic rings. The minimum absolute atomic E-state index is 0.0351. The van der Waals surface area contributed by atoms with E-state index in [9.17, 15) is 4.79 Å². The quantitative estimate of drug-likeness (QED) is 0.787. The highest BCUT2D eigenvalue weighted by Crippen LogP contribution is 2.38. The second-order valence-corrected chi connectivity index (χ2v) is 8.46. The molecule has 9 nitrogen and oxygen atoms in total. The summed E-state index contributed by atoms with van der Waals surface area (Å²) in [6.45, 7) is 7.80. The molecule has 5 rings (SSSR count). The lowest BCUT2D eigenvalue weighted by atomic mass is 10.0. The number of H-pyrrole nitrogens is 1. The zero-order valence-corrected chi connectivity index (χ0v) is 18.1. The summed E-state index contributed by atoms with van der Waals surface area (Å²) in [7, 11) is 1.66. The van der Waals surface area contributed by atoms with Crippen LogP contribution >= 0.6 is 0 Å². The molecule has 9 heteroatoms. The number of rotatable bonds is 4. The Bertz CT molecular complexity index is 1030. The van der Waals surface area contributed by atoms with E-state index in [4.69, 9.17) is 23.9 Å². The monoisotopic (exact) mass is 428 g/mol. The van der Waals surface area contributed by atoms with E-state index in [-0.39, 0.29) is 24.6 Å². The molecule has 1 N–H and O–H groups in total. The maximum absolute atomic E-state index is 12.8. The van der Waals surface area contributed by atoms with Gasteiger partial charge in [0.2, 0.25) is 12.7 Å². The van der Waals surface area contributed by atoms with E-state index in [2.05, 4.69) is 14.8 Å². The molecule has 0 spiro atoms. The summed E-state index contributed by atoms with van der Waals surface area (Å²) in [6.07, 6.45) is 0.862. The Morgan fingerprint density at radius 3 is 2.68 bits per heavy atom. The number of nitrogens with one attached hydrogen (secondary N) is 1. The van der Waals surface area contributed by atoms with Gasteiger partial charge in [-0.1, -0.05) is 0 Å². The average molecular weight is 428 g/mol. The third-order valence-corrected chi connectivity index (χ3v) is 6.03. The molecule has 0 amide bonds. The molecule has 0 saturated carbocycles. The summed E-state index contributed by atoms with van der Waals surface area (Å²) in [5, 5.41) is 0. The number of methoxy groups -OCH3 is 1. The van der Waals surface area contributed by atoms with Gasteiger partial charge in [-0.25, -0.2) is 4.98 Å². The first-order valence-electron chi connectivity index (χ1n) is 10.7. The third-order valence-electron chi connectivity index (χ3n) is 6.03. The van der Waals surface area contributed by atoms with Crippen molar-refractivity contribution in [2.75, 3.05) is 38.4 Å². The molecule has 1 aromatic heterocycles. The summed E-state index contributed by atoms with van der Waals surface area (Å²) in [4.78, 5) is 25.0. The van der Waals surface area contributed by atoms with Crippen molar-refractivity contribution in [1.82, 2.24) is 14.9 Å². The number of hydrogen-bond donors (Lipinski definition) is 1. The fourth-order valence-electron chi connectivity index (χ4n) is 4.64. The predicted octanol–water partition coefficient (Wildman–Crippen LogP) is 1.68. The van der Waals surface area contributed by atoms with Gasteiger partial charge >= 0.3 is 0 Å². The van der Waals surface area contributed by atoms with Crippen LogP contribution in [-0.2, 0) is 24.2 Å². The highest BCUT2D eigenvalue weighted by atomic mass is 16.7. The van der Waals surface area contributed by atoms with Crippen LogP contribution in [-0.4, -0.2) is 60.6 Å². The maximum Gasteiger partial charge on any atom is 0.255 e. The molecule has 3 aliphatic heterocycles. The van der Waals surface area contributed by atoms with Gasteiger partial charge in [0, 0.05) is 49.9 Å². The minimum Gasteiger partial charge on any atom is -0.496 e. The van der Waals surface area contributed by atoms with Gasteiger partial charge in [-0.05, 0) is 26.3 Å². The van der Waals surface area contributed by atoms with Gasteiger partial charge < -0.3 is 23.8 Å². The number of fused-ring (bicyclic) bond motifs is 2. The number of benzene rings is 1. The Morgan fingerprint density at radius 1 is 1.19 bits per heavy atom. The van der Waals surface area contributed by atoms with Gasteiger partial charge in [-0.2, -0.15) is 0 Å². The second-order valence-electron chi connectivity index (χ2n) is 8.46. The lowest BCUT2D eigenvalue weighted by molar-refractivity contribution is -0.00576. The van der Waals surface area contributed by atoms with Gasteiger partial charge in [-0.3, -0.25) is 14.7 Å². The van der Waals surface area contributed by atoms with Crippen LogP contribution < -0.4 is 24.7 Å². The largest absolute Gasteiger partial charge is 0.496 e. The smallest absolute Gasteiger partial charge is 0.255 e. The molecular weight excluding hydrogens is 400 g/mol. The van der Waals surface area contributed by atoms with Crippen LogP contribution in [0.4, 0.5) is 5.95 Å². The van der Waals surface area contributed by atoms with Gasteiger partial charge in [0.15, 0.2) is 11.5 Å². The van der Waals surface area contributed by atoms with Crippen molar-refractivity contribution in [2.45, 2.75) is 45.6 Å². The highest BCUT2D eigenvalue weighted by Gasteiger charge is 2.27. The Kier molecular flexibility index (Phi) is 5.23. The van der Waals surface area contributed by atoms with E-state index >= 15 is 0 Å². The van der Waals surface area contributed by atoms with Crippen molar-refractivity contribution in [3.8, 4) is 17.2 Å². The van der Waals surface area contributed by atoms with Crippen LogP contribution in [0.15, 0.2) is 16.9 Å². The Hall–Kier alpha value is -2.78. The molecule has 2 aromatic rings. The van der Waals surface area contributed by atoms with Gasteiger partial charge in [-0.15, -0.1) is 0 Å². The number of ether oxygens (including phenoxy) is 4. The minimum atomic E-state index is -0.0351. The highest BCUT2D eigenvalue weighted by molar-refractivity contribution is 5.52. The van der Waals surface area contributed by atoms with Crippen molar-refractivity contribution in [3.05, 3.63) is 39.3 Å². The van der Waals surface area contributed by atoms with Crippen LogP contribution in [0.2, 0.25) is 0 Å². The van der Waals surface area contributed by atoms with Crippen molar-refractivity contribution < 1.29 is 18.9 Å². The summed E-state index contributed by atoms with van der Waals surface area (Å²) in [5.74, 6) is 2.84. The van der Waals surface area contributed by atoms with Crippen LogP contribution in [0.5, 0.6) is 17.2 Å². The fraction of sp³-hybridized carbons (Fsp3) is 0.545. The molecule has 2 unspecified atom stereocenters. The molecule has 31 heavy (non-hydrogen) atoms. The summed E-state index contributed by atoms with van der Waals surface area (Å²) >= 11 is 0. The van der Waals surface area contributed by atoms with Gasteiger partial charge in [0.25, 0.3) is 5.56 Å². The van der Waals surface area contributed by atoms with E-state index in [0.29, 0.717) is 44.3 Å². The Labute approximate surface area is 180 Å². The molecule has 0 radical (unpaired) electrons. The molecule has 1 aromatic carbocycles. The predicted molar refractivity (Wildman–Crippen MR) is 114 cm³/mol. The molecular formula is C22H28N4O5. The maximum atomic E-state index is 12.8. The lowest BCUT2D eigenvalue weighted by Crippen LogP contribution is -2.47. The van der Waals surface area contributed by atoms with Crippen molar-refractivity contribution in [3.63, 3.8) is 0 Å². The molecule has 1 fully saturated rings. The Balaban J connectivity index is 1.38. The van der Waals surface area contributed by atoms with Crippen LogP contribution in [0.3, 0.4) is 0 Å². The zero-order valence-electron chi connectivity index (χ0n) is 18.1. The van der Waals surface area contributed by atoms with E-state index < -0.39 is 0 Å². The molecule has 0 aliphatic carbocycles. The third kappa shape index (κ3) is 3.95. The van der Waals surface area contributed by atoms with Crippen LogP contribution in [0.25, 0.3) is 0 Å². The normalized spacial score (nSPS) is 23.0. The van der Waals surface area contributed by atoms with E-state index in [1.807, 2.05) is 26.0 Å². The van der Waals surface area contributed by atoms with E-state index in [1.165, 1.54) is 0 Å². The van der Waals surface area contributed by atoms with E-state index in [0.717, 1.165) is 34.9 Å². The van der Waals surface area contributed by atoms with Crippen molar-refractivity contribution in [1.29, 1.82) is 0 Å². The molecule has 1 saturated heterocycles. The van der Waals surface area contributed by atoms with Crippen molar-refractivity contribution in [2.24, 2.45) is 0 Å². The molecule has 4 heterocycles. The first kappa shape index (κ1) is 20.1. The number of anilines is 1. The number of nitrogens with zero attached hydrogens (tertiary/aromatic N) is 3. The van der Waals surface area contributed by atoms with Crippen molar-refractivity contribution >= 4 is 5.95 Å². The molecule has 166 valence electrons. The number of aromatic amines is 1. The second kappa shape index (κ2) is 8.05. The lowest BCUT2D eigenvalue weighted by Gasteiger charge is -2.36. The SMILES string of the molecule is COc1cc2c(cc1CN1CCc3c(nc(N4CC(C)OC(C)C4)[nH]c3=O)C1)OCO2. The zero-order chi connectivity index (χ0) is 21.5. The Morgan fingerprint density at radius 2 is 1.94 bits per heavy atom. The summed E-state index contributed by atoms with van der Waals surface area (Å²) < 4.78 is 22.4. The molecule has 0 bridgehead atoms. The summed E-state index contributed by atoms with van der Waals surface area (Å²) in [5.41, 5.74) is 2.62. The fourth-order valence-corrected chi connectivity index (χ4v) is 4.64. The topological polar surface area (TPSA) is 89.2 Å². The number of hydrogen-bond acceptors (Lipinski definition) is 8. The first-order valence-corrected chi connectivity index (χ1v) is 10.7. The van der Waals surface area contributed by atoms with E-state index in [1.54, 1.807) is 7.11 Å². The summed E-state index contributed by atoms with van der Waals surface area (Å²) in [6, 6.07) is 3.85.